The predicted octanol–water partition coefficient (Wildman–Crippen LogP) is 15.3. The third-order valence-electron chi connectivity index (χ3n) is 16.6. The zero-order valence-corrected chi connectivity index (χ0v) is 42.8. The number of hydrogen-bond donors (Lipinski definition) is 0. The smallest absolute Gasteiger partial charge is 0.179 e. The Hall–Kier alpha value is -9.54. The summed E-state index contributed by atoms with van der Waals surface area (Å²) in [5, 5.41) is 10.4. The van der Waals surface area contributed by atoms with Crippen LogP contribution in [0.25, 0.3) is 77.2 Å². The SMILES string of the molecule is c1ccc(C2(c3ccccc3)c3ccccc3-c3c(-c4cccc5c6ccccc6n(-c6ccc7c8ccccc8n(-c8ccc([Si](c9ccccc9)(c9ccccc9)c9ccccc9)cc8)c7c6)c45)cccc32)cc1. The Morgan fingerprint density at radius 1 is 0.263 bits per heavy atom. The molecule has 12 aromatic carbocycles. The van der Waals surface area contributed by atoms with Gasteiger partial charge >= 0.3 is 0 Å². The molecule has 356 valence electrons. The van der Waals surface area contributed by atoms with Crippen molar-refractivity contribution in [2.45, 2.75) is 5.41 Å². The molecule has 15 rings (SSSR count). The number of para-hydroxylation sites is 3. The lowest BCUT2D eigenvalue weighted by Crippen LogP contribution is -2.74. The van der Waals surface area contributed by atoms with E-state index >= 15 is 0 Å². The van der Waals surface area contributed by atoms with E-state index in [2.05, 4.69) is 312 Å². The summed E-state index contributed by atoms with van der Waals surface area (Å²) in [5.74, 6) is 0. The molecule has 0 radical (unpaired) electrons. The fourth-order valence-electron chi connectivity index (χ4n) is 13.5. The van der Waals surface area contributed by atoms with Crippen molar-refractivity contribution < 1.29 is 0 Å². The van der Waals surface area contributed by atoms with E-state index in [0.717, 1.165) is 16.9 Å². The molecule has 2 nitrogen and oxygen atoms in total. The summed E-state index contributed by atoms with van der Waals surface area (Å²) in [5.41, 5.74) is 16.6. The van der Waals surface area contributed by atoms with Crippen LogP contribution in [-0.2, 0) is 5.41 Å². The van der Waals surface area contributed by atoms with Crippen molar-refractivity contribution in [3.8, 4) is 33.6 Å². The van der Waals surface area contributed by atoms with Gasteiger partial charge in [0.15, 0.2) is 8.07 Å². The molecule has 0 saturated carbocycles. The molecule has 0 saturated heterocycles. The molecular weight excluding hydrogens is 933 g/mol. The maximum Gasteiger partial charge on any atom is 0.179 e. The lowest BCUT2D eigenvalue weighted by Gasteiger charge is -2.34. The number of fused-ring (bicyclic) bond motifs is 9. The topological polar surface area (TPSA) is 9.86 Å². The molecule has 0 amide bonds. The highest BCUT2D eigenvalue weighted by Gasteiger charge is 2.47. The summed E-state index contributed by atoms with van der Waals surface area (Å²) in [6, 6.07) is 113. The summed E-state index contributed by atoms with van der Waals surface area (Å²) >= 11 is 0. The minimum absolute atomic E-state index is 0.504. The Kier molecular flexibility index (Phi) is 10.2. The molecule has 76 heavy (non-hydrogen) atoms. The van der Waals surface area contributed by atoms with E-state index in [1.165, 1.54) is 103 Å². The van der Waals surface area contributed by atoms with E-state index in [0.29, 0.717) is 0 Å². The third-order valence-corrected chi connectivity index (χ3v) is 21.4. The molecule has 2 aromatic heterocycles. The van der Waals surface area contributed by atoms with E-state index in [-0.39, 0.29) is 0 Å². The van der Waals surface area contributed by atoms with Crippen LogP contribution in [0.5, 0.6) is 0 Å². The standard InChI is InChI=1S/C73H50N2Si/c1-6-24-51(25-7-1)73(52-26-8-2-9-27-52)66-40-19-16-36-65(66)71-62(37-23-41-67(71)73)64-39-22-38-63-60-35-18-21-43-69(60)75(72(63)64)54-46-49-61-59-34-17-20-42-68(59)74(70(61)50-54)53-44-47-58(48-45-53)76(55-28-10-3-11-29-55,56-30-12-4-13-31-56)57-32-14-5-15-33-57/h1-50H. The first-order valence-electron chi connectivity index (χ1n) is 26.4. The van der Waals surface area contributed by atoms with Crippen LogP contribution in [0.3, 0.4) is 0 Å². The monoisotopic (exact) mass is 982 g/mol. The molecule has 1 aliphatic carbocycles. The van der Waals surface area contributed by atoms with E-state index in [9.17, 15) is 0 Å². The highest BCUT2D eigenvalue weighted by molar-refractivity contribution is 7.19. The summed E-state index contributed by atoms with van der Waals surface area (Å²) in [7, 11) is -2.73. The van der Waals surface area contributed by atoms with Gasteiger partial charge in [-0.15, -0.1) is 0 Å². The normalized spacial score (nSPS) is 12.8. The minimum atomic E-state index is -2.73. The molecule has 0 unspecified atom stereocenters. The maximum absolute atomic E-state index is 2.73. The highest BCUT2D eigenvalue weighted by Crippen LogP contribution is 2.58. The van der Waals surface area contributed by atoms with Gasteiger partial charge in [-0.2, -0.15) is 0 Å². The summed E-state index contributed by atoms with van der Waals surface area (Å²) in [6.45, 7) is 0. The Morgan fingerprint density at radius 3 is 1.30 bits per heavy atom. The zero-order chi connectivity index (χ0) is 50.2. The van der Waals surface area contributed by atoms with Crippen LogP contribution in [0, 0.1) is 0 Å². The lowest BCUT2D eigenvalue weighted by atomic mass is 9.67. The largest absolute Gasteiger partial charge is 0.309 e. The number of rotatable bonds is 9. The van der Waals surface area contributed by atoms with Crippen molar-refractivity contribution in [1.82, 2.24) is 9.13 Å². The van der Waals surface area contributed by atoms with Gasteiger partial charge in [0, 0.05) is 38.5 Å². The second-order valence-electron chi connectivity index (χ2n) is 20.3. The van der Waals surface area contributed by atoms with Crippen LogP contribution in [0.1, 0.15) is 22.3 Å². The van der Waals surface area contributed by atoms with Gasteiger partial charge in [0.2, 0.25) is 0 Å². The van der Waals surface area contributed by atoms with Gasteiger partial charge in [0.25, 0.3) is 0 Å². The second kappa shape index (κ2) is 17.6. The molecule has 0 fully saturated rings. The highest BCUT2D eigenvalue weighted by atomic mass is 28.3. The van der Waals surface area contributed by atoms with E-state index < -0.39 is 13.5 Å². The van der Waals surface area contributed by atoms with Crippen LogP contribution < -0.4 is 20.7 Å². The van der Waals surface area contributed by atoms with Crippen LogP contribution in [0.15, 0.2) is 303 Å². The minimum Gasteiger partial charge on any atom is -0.309 e. The van der Waals surface area contributed by atoms with Crippen molar-refractivity contribution in [2.24, 2.45) is 0 Å². The van der Waals surface area contributed by atoms with Crippen molar-refractivity contribution >= 4 is 72.4 Å². The fourth-order valence-corrected chi connectivity index (χ4v) is 18.3. The molecule has 2 heterocycles. The molecule has 0 spiro atoms. The first-order valence-corrected chi connectivity index (χ1v) is 28.4. The Balaban J connectivity index is 0.957. The Labute approximate surface area is 443 Å². The molecule has 0 N–H and O–H groups in total. The predicted molar refractivity (Wildman–Crippen MR) is 321 cm³/mol. The Bertz CT molecular complexity index is 4350. The molecule has 1 aliphatic rings. The molecule has 3 heteroatoms. The summed E-state index contributed by atoms with van der Waals surface area (Å²) in [4.78, 5) is 0. The number of benzene rings is 12. The summed E-state index contributed by atoms with van der Waals surface area (Å²) in [6.07, 6.45) is 0. The first kappa shape index (κ1) is 44.0. The first-order chi connectivity index (χ1) is 37.7. The van der Waals surface area contributed by atoms with Crippen LogP contribution >= 0.6 is 0 Å². The average Bonchev–Trinajstić information content (AvgIpc) is 4.17. The number of aromatic nitrogens is 2. The van der Waals surface area contributed by atoms with Crippen LogP contribution in [0.2, 0.25) is 0 Å². The van der Waals surface area contributed by atoms with Gasteiger partial charge in [-0.3, -0.25) is 0 Å². The molecule has 0 atom stereocenters. The quantitative estimate of drug-likeness (QED) is 0.101. The van der Waals surface area contributed by atoms with E-state index in [1.807, 2.05) is 0 Å². The van der Waals surface area contributed by atoms with Gasteiger partial charge in [-0.1, -0.05) is 267 Å². The van der Waals surface area contributed by atoms with Gasteiger partial charge in [0.05, 0.1) is 27.5 Å². The van der Waals surface area contributed by atoms with Gasteiger partial charge in [-0.05, 0) is 96.1 Å². The van der Waals surface area contributed by atoms with Gasteiger partial charge < -0.3 is 9.13 Å². The maximum atomic E-state index is 2.53. The number of hydrogen-bond acceptors (Lipinski definition) is 0. The molecule has 14 aromatic rings. The van der Waals surface area contributed by atoms with Crippen molar-refractivity contribution in [3.05, 3.63) is 326 Å². The van der Waals surface area contributed by atoms with Gasteiger partial charge in [0.1, 0.15) is 0 Å². The van der Waals surface area contributed by atoms with Crippen LogP contribution in [-0.4, -0.2) is 17.2 Å². The Morgan fingerprint density at radius 2 is 0.684 bits per heavy atom. The fraction of sp³-hybridized carbons (Fsp3) is 0.0137. The van der Waals surface area contributed by atoms with Crippen LogP contribution in [0.4, 0.5) is 0 Å². The number of nitrogens with zero attached hydrogens (tertiary/aromatic N) is 2. The zero-order valence-electron chi connectivity index (χ0n) is 41.8. The van der Waals surface area contributed by atoms with E-state index in [1.54, 1.807) is 0 Å². The third kappa shape index (κ3) is 6.33. The van der Waals surface area contributed by atoms with Crippen molar-refractivity contribution in [1.29, 1.82) is 0 Å². The van der Waals surface area contributed by atoms with Gasteiger partial charge in [-0.25, -0.2) is 0 Å². The molecule has 0 bridgehead atoms. The van der Waals surface area contributed by atoms with Crippen molar-refractivity contribution in [3.63, 3.8) is 0 Å². The van der Waals surface area contributed by atoms with Crippen molar-refractivity contribution in [2.75, 3.05) is 0 Å². The summed E-state index contributed by atoms with van der Waals surface area (Å²) < 4.78 is 5.02. The molecule has 0 aliphatic heterocycles. The lowest BCUT2D eigenvalue weighted by molar-refractivity contribution is 0.768. The molecular formula is C73H50N2Si. The second-order valence-corrected chi connectivity index (χ2v) is 24.1. The van der Waals surface area contributed by atoms with E-state index in [4.69, 9.17) is 0 Å². The average molecular weight is 983 g/mol.